The average molecular weight is 484 g/mol. The predicted molar refractivity (Wildman–Crippen MR) is 137 cm³/mol. The Morgan fingerprint density at radius 2 is 2.09 bits per heavy atom. The maximum Gasteiger partial charge on any atom is 0.251 e. The average Bonchev–Trinajstić information content (AvgIpc) is 3.17. The van der Waals surface area contributed by atoms with E-state index in [9.17, 15) is 14.6 Å². The number of nitriles is 1. The SMILES string of the molecule is CNC(=O)c1ccc(C)c(Nc2nc(NC3CC[S+]([O-])C3)nc(N(C)CC(C)(C)C)c2C#N)c1. The maximum atomic E-state index is 12.1. The lowest BCUT2D eigenvalue weighted by molar-refractivity contribution is 0.0963. The highest BCUT2D eigenvalue weighted by atomic mass is 32.2. The van der Waals surface area contributed by atoms with Crippen LogP contribution in [0.15, 0.2) is 18.2 Å². The van der Waals surface area contributed by atoms with Crippen molar-refractivity contribution in [3.63, 3.8) is 0 Å². The summed E-state index contributed by atoms with van der Waals surface area (Å²) >= 11 is -0.843. The van der Waals surface area contributed by atoms with Crippen LogP contribution in [0.25, 0.3) is 0 Å². The molecule has 3 rings (SSSR count). The molecule has 1 fully saturated rings. The minimum absolute atomic E-state index is 0.0145. The number of hydrogen-bond donors (Lipinski definition) is 3. The van der Waals surface area contributed by atoms with Gasteiger partial charge in [0.25, 0.3) is 5.91 Å². The Morgan fingerprint density at radius 3 is 2.68 bits per heavy atom. The van der Waals surface area contributed by atoms with Gasteiger partial charge in [-0.15, -0.1) is 0 Å². The molecule has 9 nitrogen and oxygen atoms in total. The number of hydrogen-bond acceptors (Lipinski definition) is 8. The van der Waals surface area contributed by atoms with Crippen molar-refractivity contribution in [3.8, 4) is 6.07 Å². The largest absolute Gasteiger partial charge is 0.616 e. The molecule has 2 atom stereocenters. The zero-order chi connectivity index (χ0) is 25.0. The molecule has 2 unspecified atom stereocenters. The molecule has 2 aromatic rings. The van der Waals surface area contributed by atoms with E-state index < -0.39 is 11.2 Å². The molecule has 0 aliphatic carbocycles. The second-order valence-corrected chi connectivity index (χ2v) is 11.4. The predicted octanol–water partition coefficient (Wildman–Crippen LogP) is 3.18. The van der Waals surface area contributed by atoms with Crippen LogP contribution in [0.4, 0.5) is 23.3 Å². The molecule has 0 spiro atoms. The van der Waals surface area contributed by atoms with Crippen LogP contribution in [0.1, 0.15) is 48.7 Å². The van der Waals surface area contributed by atoms with Gasteiger partial charge in [-0.3, -0.25) is 4.79 Å². The first-order chi connectivity index (χ1) is 16.0. The number of benzene rings is 1. The van der Waals surface area contributed by atoms with Crippen molar-refractivity contribution in [2.24, 2.45) is 5.41 Å². The van der Waals surface area contributed by atoms with Crippen LogP contribution in [0.2, 0.25) is 0 Å². The Morgan fingerprint density at radius 1 is 1.35 bits per heavy atom. The lowest BCUT2D eigenvalue weighted by Crippen LogP contribution is -2.31. The van der Waals surface area contributed by atoms with E-state index >= 15 is 0 Å². The first kappa shape index (κ1) is 25.6. The van der Waals surface area contributed by atoms with Gasteiger partial charge in [0.2, 0.25) is 5.95 Å². The molecule has 1 aromatic heterocycles. The van der Waals surface area contributed by atoms with Gasteiger partial charge in [-0.1, -0.05) is 38.0 Å². The number of carbonyl (C=O) groups is 1. The zero-order valence-corrected chi connectivity index (χ0v) is 21.5. The van der Waals surface area contributed by atoms with E-state index in [0.29, 0.717) is 52.4 Å². The van der Waals surface area contributed by atoms with Gasteiger partial charge >= 0.3 is 0 Å². The second kappa shape index (κ2) is 10.5. The third-order valence-electron chi connectivity index (χ3n) is 5.47. The Bertz CT molecular complexity index is 1090. The van der Waals surface area contributed by atoms with Crippen molar-refractivity contribution in [1.29, 1.82) is 5.26 Å². The lowest BCUT2D eigenvalue weighted by atomic mass is 9.96. The molecule has 1 amide bonds. The fraction of sp³-hybridized carbons (Fsp3) is 0.500. The van der Waals surface area contributed by atoms with Crippen molar-refractivity contribution in [2.75, 3.05) is 47.7 Å². The molecular formula is C24H33N7O2S. The molecule has 10 heteroatoms. The first-order valence-corrected chi connectivity index (χ1v) is 12.7. The standard InChI is InChI=1S/C24H33N7O2S/c1-15-7-8-16(22(32)26-5)11-19(15)28-20-18(12-25)21(31(6)14-24(2,3)4)30-23(29-20)27-17-9-10-34(33)13-17/h7-8,11,17H,9-10,13-14H2,1-6H3,(H,26,32)(H2,27,28,29,30). The number of anilines is 4. The maximum absolute atomic E-state index is 12.1. The molecule has 1 aromatic carbocycles. The van der Waals surface area contributed by atoms with Crippen molar-refractivity contribution in [3.05, 3.63) is 34.9 Å². The summed E-state index contributed by atoms with van der Waals surface area (Å²) in [5.41, 5.74) is 2.38. The summed E-state index contributed by atoms with van der Waals surface area (Å²) in [6.07, 6.45) is 0.777. The summed E-state index contributed by atoms with van der Waals surface area (Å²) in [4.78, 5) is 23.4. The lowest BCUT2D eigenvalue weighted by Gasteiger charge is -2.29. The van der Waals surface area contributed by atoms with E-state index in [1.165, 1.54) is 0 Å². The number of carbonyl (C=O) groups excluding carboxylic acids is 1. The number of nitrogens with zero attached hydrogens (tertiary/aromatic N) is 4. The topological polar surface area (TPSA) is 129 Å². The van der Waals surface area contributed by atoms with E-state index in [1.807, 2.05) is 24.9 Å². The highest BCUT2D eigenvalue weighted by Gasteiger charge is 2.28. The molecule has 1 aliphatic heterocycles. The normalized spacial score (nSPS) is 17.7. The van der Waals surface area contributed by atoms with Gasteiger partial charge in [0.1, 0.15) is 23.1 Å². The van der Waals surface area contributed by atoms with E-state index in [0.717, 1.165) is 12.0 Å². The summed E-state index contributed by atoms with van der Waals surface area (Å²) in [6, 6.07) is 7.61. The number of aromatic nitrogens is 2. The fourth-order valence-electron chi connectivity index (χ4n) is 3.90. The van der Waals surface area contributed by atoms with Crippen LogP contribution in [0, 0.1) is 23.7 Å². The van der Waals surface area contributed by atoms with E-state index in [2.05, 4.69) is 52.8 Å². The Balaban J connectivity index is 2.05. The third kappa shape index (κ3) is 6.30. The molecule has 1 saturated heterocycles. The fourth-order valence-corrected chi connectivity index (χ4v) is 5.31. The molecular weight excluding hydrogens is 450 g/mol. The van der Waals surface area contributed by atoms with Gasteiger partial charge in [0.15, 0.2) is 11.6 Å². The van der Waals surface area contributed by atoms with E-state index in [-0.39, 0.29) is 17.4 Å². The summed E-state index contributed by atoms with van der Waals surface area (Å²) in [5.74, 6) is 2.24. The quantitative estimate of drug-likeness (QED) is 0.512. The molecule has 34 heavy (non-hydrogen) atoms. The van der Waals surface area contributed by atoms with Crippen LogP contribution in [0.5, 0.6) is 0 Å². The van der Waals surface area contributed by atoms with Gasteiger partial charge in [-0.2, -0.15) is 15.2 Å². The van der Waals surface area contributed by atoms with E-state index in [1.54, 1.807) is 19.2 Å². The Labute approximate surface area is 204 Å². The van der Waals surface area contributed by atoms with Crippen molar-refractivity contribution in [2.45, 2.75) is 40.2 Å². The van der Waals surface area contributed by atoms with Crippen LogP contribution in [-0.4, -0.2) is 58.6 Å². The minimum Gasteiger partial charge on any atom is -0.616 e. The smallest absolute Gasteiger partial charge is 0.251 e. The summed E-state index contributed by atoms with van der Waals surface area (Å²) in [7, 11) is 3.49. The Kier molecular flexibility index (Phi) is 7.89. The van der Waals surface area contributed by atoms with Crippen LogP contribution in [-0.2, 0) is 11.2 Å². The van der Waals surface area contributed by atoms with E-state index in [4.69, 9.17) is 0 Å². The van der Waals surface area contributed by atoms with Gasteiger partial charge in [-0.05, 0) is 30.0 Å². The first-order valence-electron chi connectivity index (χ1n) is 11.2. The molecule has 2 heterocycles. The number of nitrogens with one attached hydrogen (secondary N) is 3. The van der Waals surface area contributed by atoms with Gasteiger partial charge in [-0.25, -0.2) is 0 Å². The highest BCUT2D eigenvalue weighted by Crippen LogP contribution is 2.31. The zero-order valence-electron chi connectivity index (χ0n) is 20.7. The van der Waals surface area contributed by atoms with Crippen LogP contribution >= 0.6 is 0 Å². The van der Waals surface area contributed by atoms with Crippen LogP contribution in [0.3, 0.4) is 0 Å². The van der Waals surface area contributed by atoms with Gasteiger partial charge in [0.05, 0.1) is 6.04 Å². The van der Waals surface area contributed by atoms with Crippen molar-refractivity contribution < 1.29 is 9.35 Å². The number of aryl methyl sites for hydroxylation is 1. The Hall–Kier alpha value is -3.03. The van der Waals surface area contributed by atoms with Crippen molar-refractivity contribution in [1.82, 2.24) is 15.3 Å². The summed E-state index contributed by atoms with van der Waals surface area (Å²) in [6.45, 7) is 8.96. The van der Waals surface area contributed by atoms with Crippen LogP contribution < -0.4 is 20.9 Å². The molecule has 0 bridgehead atoms. The number of amides is 1. The third-order valence-corrected chi connectivity index (χ3v) is 6.93. The highest BCUT2D eigenvalue weighted by molar-refractivity contribution is 7.91. The van der Waals surface area contributed by atoms with Crippen molar-refractivity contribution >= 4 is 40.4 Å². The van der Waals surface area contributed by atoms with Gasteiger partial charge in [0, 0.05) is 38.3 Å². The van der Waals surface area contributed by atoms with Gasteiger partial charge < -0.3 is 25.4 Å². The monoisotopic (exact) mass is 483 g/mol. The molecule has 0 radical (unpaired) electrons. The summed E-state index contributed by atoms with van der Waals surface area (Å²) < 4.78 is 11.9. The second-order valence-electron chi connectivity index (χ2n) is 9.80. The molecule has 182 valence electrons. The molecule has 3 N–H and O–H groups in total. The summed E-state index contributed by atoms with van der Waals surface area (Å²) in [5, 5.41) is 19.3. The molecule has 1 aliphatic rings. The minimum atomic E-state index is -0.843. The molecule has 0 saturated carbocycles. The number of rotatable bonds is 7.